The summed E-state index contributed by atoms with van der Waals surface area (Å²) in [5.74, 6) is 5.02. The summed E-state index contributed by atoms with van der Waals surface area (Å²) in [7, 11) is 0. The second-order valence-corrected chi connectivity index (χ2v) is 6.78. The van der Waals surface area contributed by atoms with E-state index < -0.39 is 5.97 Å². The molecule has 1 spiro atoms. The van der Waals surface area contributed by atoms with Crippen LogP contribution in [0.4, 0.5) is 11.4 Å². The van der Waals surface area contributed by atoms with Crippen LogP contribution in [-0.4, -0.2) is 30.6 Å². The number of carbonyl (C=O) groups is 1. The molecular weight excluding hydrogens is 358 g/mol. The minimum Gasteiger partial charge on any atom is -0.381 e. The van der Waals surface area contributed by atoms with Crippen molar-refractivity contribution in [2.24, 2.45) is 21.1 Å². The second-order valence-electron chi connectivity index (χ2n) is 6.78. The SMILES string of the molecule is NOC(=O)c1cccc(CN=NC2=Nc3ccccc3NC23CCOCC3)c1. The first kappa shape index (κ1) is 18.3. The van der Waals surface area contributed by atoms with Crippen molar-refractivity contribution in [1.82, 2.24) is 0 Å². The first-order valence-corrected chi connectivity index (χ1v) is 9.12. The molecule has 2 aromatic carbocycles. The molecule has 0 atom stereocenters. The summed E-state index contributed by atoms with van der Waals surface area (Å²) in [6.07, 6.45) is 1.55. The standard InChI is InChI=1S/C20H21N5O3/c21-28-18(26)15-5-3-4-14(12-15)13-22-25-19-20(8-10-27-11-9-20)24-17-7-2-1-6-16(17)23-19/h1-7,12,24H,8-11,13,21H2. The fraction of sp³-hybridized carbons (Fsp3) is 0.300. The van der Waals surface area contributed by atoms with Crippen molar-refractivity contribution in [2.75, 3.05) is 18.5 Å². The van der Waals surface area contributed by atoms with Crippen LogP contribution in [0.15, 0.2) is 63.8 Å². The summed E-state index contributed by atoms with van der Waals surface area (Å²) in [5, 5.41) is 12.4. The molecule has 1 saturated heterocycles. The Bertz CT molecular complexity index is 935. The van der Waals surface area contributed by atoms with E-state index >= 15 is 0 Å². The molecule has 2 aliphatic heterocycles. The van der Waals surface area contributed by atoms with E-state index in [9.17, 15) is 4.79 Å². The lowest BCUT2D eigenvalue weighted by Crippen LogP contribution is -2.51. The number of para-hydroxylation sites is 2. The lowest BCUT2D eigenvalue weighted by molar-refractivity contribution is 0.0503. The maximum Gasteiger partial charge on any atom is 0.356 e. The highest BCUT2D eigenvalue weighted by Crippen LogP contribution is 2.38. The summed E-state index contributed by atoms with van der Waals surface area (Å²) in [5.41, 5.74) is 2.68. The normalized spacial score (nSPS) is 17.7. The summed E-state index contributed by atoms with van der Waals surface area (Å²) in [4.78, 5) is 20.6. The van der Waals surface area contributed by atoms with Crippen LogP contribution in [0.5, 0.6) is 0 Å². The van der Waals surface area contributed by atoms with Crippen LogP contribution in [0.1, 0.15) is 28.8 Å². The first-order valence-electron chi connectivity index (χ1n) is 9.12. The van der Waals surface area contributed by atoms with Gasteiger partial charge in [-0.25, -0.2) is 9.79 Å². The van der Waals surface area contributed by atoms with Crippen molar-refractivity contribution in [1.29, 1.82) is 0 Å². The number of aliphatic imine (C=N–C) groups is 1. The van der Waals surface area contributed by atoms with E-state index in [4.69, 9.17) is 15.6 Å². The van der Waals surface area contributed by atoms with Gasteiger partial charge in [-0.15, -0.1) is 5.11 Å². The molecule has 0 bridgehead atoms. The Labute approximate surface area is 162 Å². The molecule has 0 saturated carbocycles. The summed E-state index contributed by atoms with van der Waals surface area (Å²) in [6.45, 7) is 1.61. The molecule has 0 aromatic heterocycles. The van der Waals surface area contributed by atoms with Crippen molar-refractivity contribution in [3.05, 3.63) is 59.7 Å². The van der Waals surface area contributed by atoms with E-state index in [0.29, 0.717) is 31.2 Å². The number of ether oxygens (including phenoxy) is 1. The number of nitrogens with two attached hydrogens (primary N) is 1. The molecule has 1 fully saturated rings. The second kappa shape index (κ2) is 7.87. The Balaban J connectivity index is 1.58. The van der Waals surface area contributed by atoms with Gasteiger partial charge in [0.25, 0.3) is 0 Å². The van der Waals surface area contributed by atoms with E-state index in [1.807, 2.05) is 30.3 Å². The van der Waals surface area contributed by atoms with Crippen LogP contribution < -0.4 is 11.2 Å². The van der Waals surface area contributed by atoms with Crippen LogP contribution in [0.3, 0.4) is 0 Å². The predicted molar refractivity (Wildman–Crippen MR) is 105 cm³/mol. The van der Waals surface area contributed by atoms with Crippen molar-refractivity contribution < 1.29 is 14.4 Å². The number of amidine groups is 1. The van der Waals surface area contributed by atoms with Crippen LogP contribution in [0, 0.1) is 0 Å². The van der Waals surface area contributed by atoms with Gasteiger partial charge in [-0.1, -0.05) is 24.3 Å². The number of hydrogen-bond acceptors (Lipinski definition) is 8. The Kier molecular flexibility index (Phi) is 5.14. The number of benzene rings is 2. The summed E-state index contributed by atoms with van der Waals surface area (Å²) in [6, 6.07) is 14.9. The van der Waals surface area contributed by atoms with Crippen molar-refractivity contribution in [3.63, 3.8) is 0 Å². The van der Waals surface area contributed by atoms with Gasteiger partial charge in [0.15, 0.2) is 5.84 Å². The number of rotatable bonds is 3. The molecule has 0 radical (unpaired) electrons. The fourth-order valence-corrected chi connectivity index (χ4v) is 3.45. The quantitative estimate of drug-likeness (QED) is 0.627. The molecule has 3 N–H and O–H groups in total. The zero-order chi connectivity index (χ0) is 19.4. The van der Waals surface area contributed by atoms with Gasteiger partial charge in [0.1, 0.15) is 5.54 Å². The van der Waals surface area contributed by atoms with Gasteiger partial charge >= 0.3 is 5.97 Å². The van der Waals surface area contributed by atoms with Gasteiger partial charge in [0.05, 0.1) is 23.5 Å². The van der Waals surface area contributed by atoms with Crippen molar-refractivity contribution >= 4 is 23.2 Å². The number of hydrogen-bond donors (Lipinski definition) is 2. The third-order valence-electron chi connectivity index (χ3n) is 4.97. The molecule has 8 heteroatoms. The molecule has 4 rings (SSSR count). The van der Waals surface area contributed by atoms with E-state index in [1.54, 1.807) is 18.2 Å². The van der Waals surface area contributed by atoms with E-state index in [0.717, 1.165) is 29.8 Å². The van der Waals surface area contributed by atoms with Gasteiger partial charge < -0.3 is 14.9 Å². The molecule has 2 aliphatic rings. The Morgan fingerprint density at radius 2 is 2.04 bits per heavy atom. The topological polar surface area (TPSA) is 111 Å². The van der Waals surface area contributed by atoms with E-state index in [1.165, 1.54) is 0 Å². The number of fused-ring (bicyclic) bond motifs is 1. The van der Waals surface area contributed by atoms with Crippen LogP contribution in [0.2, 0.25) is 0 Å². The number of carbonyl (C=O) groups excluding carboxylic acids is 1. The van der Waals surface area contributed by atoms with Crippen molar-refractivity contribution in [2.45, 2.75) is 24.9 Å². The van der Waals surface area contributed by atoms with Crippen LogP contribution in [0.25, 0.3) is 0 Å². The molecule has 0 aliphatic carbocycles. The number of nitrogens with one attached hydrogen (secondary N) is 1. The molecule has 2 aromatic rings. The largest absolute Gasteiger partial charge is 0.381 e. The molecule has 144 valence electrons. The van der Waals surface area contributed by atoms with Gasteiger partial charge in [0, 0.05) is 26.1 Å². The van der Waals surface area contributed by atoms with Crippen LogP contribution >= 0.6 is 0 Å². The molecular formula is C20H21N5O3. The third-order valence-corrected chi connectivity index (χ3v) is 4.97. The maximum absolute atomic E-state index is 11.6. The number of anilines is 1. The van der Waals surface area contributed by atoms with E-state index in [2.05, 4.69) is 20.4 Å². The highest BCUT2D eigenvalue weighted by Gasteiger charge is 2.41. The predicted octanol–water partition coefficient (Wildman–Crippen LogP) is 3.37. The van der Waals surface area contributed by atoms with Gasteiger partial charge in [0.2, 0.25) is 0 Å². The highest BCUT2D eigenvalue weighted by molar-refractivity contribution is 6.00. The number of nitrogens with zero attached hydrogens (tertiary/aromatic N) is 3. The third kappa shape index (κ3) is 3.64. The van der Waals surface area contributed by atoms with Crippen molar-refractivity contribution in [3.8, 4) is 0 Å². The minimum atomic E-state index is -0.586. The Hall–Kier alpha value is -3.10. The van der Waals surface area contributed by atoms with Gasteiger partial charge in [-0.05, 0) is 29.8 Å². The van der Waals surface area contributed by atoms with Crippen LogP contribution in [-0.2, 0) is 16.1 Å². The molecule has 0 unspecified atom stereocenters. The Morgan fingerprint density at radius 3 is 2.86 bits per heavy atom. The first-order chi connectivity index (χ1) is 13.7. The monoisotopic (exact) mass is 379 g/mol. The maximum atomic E-state index is 11.6. The van der Waals surface area contributed by atoms with Gasteiger partial charge in [-0.2, -0.15) is 11.0 Å². The lowest BCUT2D eigenvalue weighted by atomic mass is 9.87. The smallest absolute Gasteiger partial charge is 0.356 e. The lowest BCUT2D eigenvalue weighted by Gasteiger charge is -2.40. The number of azo groups is 1. The zero-order valence-corrected chi connectivity index (χ0v) is 15.3. The molecule has 2 heterocycles. The summed E-state index contributed by atoms with van der Waals surface area (Å²) >= 11 is 0. The average molecular weight is 379 g/mol. The zero-order valence-electron chi connectivity index (χ0n) is 15.3. The van der Waals surface area contributed by atoms with E-state index in [-0.39, 0.29) is 5.54 Å². The molecule has 8 nitrogen and oxygen atoms in total. The highest BCUT2D eigenvalue weighted by atomic mass is 16.7. The average Bonchev–Trinajstić information content (AvgIpc) is 2.74. The molecule has 0 amide bonds. The fourth-order valence-electron chi connectivity index (χ4n) is 3.45. The minimum absolute atomic E-state index is 0.318. The molecule has 28 heavy (non-hydrogen) atoms. The van der Waals surface area contributed by atoms with Gasteiger partial charge in [-0.3, -0.25) is 0 Å². The Morgan fingerprint density at radius 1 is 1.21 bits per heavy atom. The summed E-state index contributed by atoms with van der Waals surface area (Å²) < 4.78 is 5.53.